The highest BCUT2D eigenvalue weighted by Crippen LogP contribution is 2.29. The molecule has 0 unspecified atom stereocenters. The average Bonchev–Trinajstić information content (AvgIpc) is 3.30. The summed E-state index contributed by atoms with van der Waals surface area (Å²) >= 11 is 0. The lowest BCUT2D eigenvalue weighted by atomic mass is 10.1. The molecule has 0 saturated heterocycles. The number of aromatic nitrogens is 6. The minimum Gasteiger partial charge on any atom is -0.496 e. The molecule has 0 aliphatic heterocycles. The topological polar surface area (TPSA) is 82.7 Å². The van der Waals surface area contributed by atoms with Gasteiger partial charge in [-0.05, 0) is 18.6 Å². The molecule has 0 atom stereocenters. The maximum atomic E-state index is 5.51. The number of methoxy groups -OCH3 is 1. The van der Waals surface area contributed by atoms with Crippen LogP contribution in [0.2, 0.25) is 0 Å². The van der Waals surface area contributed by atoms with Crippen molar-refractivity contribution in [3.05, 3.63) is 54.2 Å². The molecular formula is C22H21N7O. The summed E-state index contributed by atoms with van der Waals surface area (Å²) in [6, 6.07) is 14.1. The van der Waals surface area contributed by atoms with Crippen LogP contribution in [0.5, 0.6) is 5.75 Å². The van der Waals surface area contributed by atoms with Gasteiger partial charge in [-0.15, -0.1) is 0 Å². The van der Waals surface area contributed by atoms with Crippen molar-refractivity contribution in [3.8, 4) is 17.1 Å². The molecule has 0 bridgehead atoms. The zero-order chi connectivity index (χ0) is 20.8. The maximum Gasteiger partial charge on any atom is 0.163 e. The summed E-state index contributed by atoms with van der Waals surface area (Å²) in [4.78, 5) is 9.50. The predicted octanol–water partition coefficient (Wildman–Crippen LogP) is 3.98. The van der Waals surface area contributed by atoms with Gasteiger partial charge in [-0.25, -0.2) is 9.97 Å². The smallest absolute Gasteiger partial charge is 0.163 e. The molecule has 8 heteroatoms. The fourth-order valence-electron chi connectivity index (χ4n) is 3.60. The third-order valence-corrected chi connectivity index (χ3v) is 5.21. The highest BCUT2D eigenvalue weighted by atomic mass is 16.5. The third kappa shape index (κ3) is 2.93. The lowest BCUT2D eigenvalue weighted by Gasteiger charge is -2.08. The van der Waals surface area contributed by atoms with Gasteiger partial charge in [0.05, 0.1) is 29.9 Å². The Morgan fingerprint density at radius 3 is 2.67 bits per heavy atom. The van der Waals surface area contributed by atoms with E-state index in [1.165, 1.54) is 0 Å². The first-order valence-electron chi connectivity index (χ1n) is 9.58. The number of pyridine rings is 2. The molecule has 0 fully saturated rings. The van der Waals surface area contributed by atoms with E-state index >= 15 is 0 Å². The quantitative estimate of drug-likeness (QED) is 0.492. The van der Waals surface area contributed by atoms with Gasteiger partial charge in [0.1, 0.15) is 23.1 Å². The fraction of sp³-hybridized carbons (Fsp3) is 0.182. The zero-order valence-corrected chi connectivity index (χ0v) is 17.2. The first-order valence-corrected chi connectivity index (χ1v) is 9.58. The van der Waals surface area contributed by atoms with E-state index in [1.54, 1.807) is 22.7 Å². The van der Waals surface area contributed by atoms with E-state index in [0.717, 1.165) is 44.7 Å². The Balaban J connectivity index is 1.53. The molecule has 0 amide bonds. The van der Waals surface area contributed by atoms with E-state index < -0.39 is 0 Å². The molecule has 30 heavy (non-hydrogen) atoms. The molecule has 0 radical (unpaired) electrons. The van der Waals surface area contributed by atoms with E-state index in [9.17, 15) is 0 Å². The van der Waals surface area contributed by atoms with Gasteiger partial charge < -0.3 is 10.1 Å². The Hall–Kier alpha value is -3.94. The van der Waals surface area contributed by atoms with Gasteiger partial charge in [0.15, 0.2) is 5.65 Å². The van der Waals surface area contributed by atoms with Crippen LogP contribution in [0.1, 0.15) is 5.56 Å². The molecule has 0 aliphatic rings. The Bertz CT molecular complexity index is 1400. The summed E-state index contributed by atoms with van der Waals surface area (Å²) in [5.41, 5.74) is 4.49. The third-order valence-electron chi connectivity index (χ3n) is 5.21. The molecule has 150 valence electrons. The predicted molar refractivity (Wildman–Crippen MR) is 117 cm³/mol. The van der Waals surface area contributed by atoms with E-state index in [4.69, 9.17) is 9.72 Å². The summed E-state index contributed by atoms with van der Waals surface area (Å²) in [6.45, 7) is 2.07. The summed E-state index contributed by atoms with van der Waals surface area (Å²) in [5, 5.41) is 14.2. The van der Waals surface area contributed by atoms with Crippen molar-refractivity contribution in [2.24, 2.45) is 14.1 Å². The second kappa shape index (κ2) is 6.84. The van der Waals surface area contributed by atoms with Crippen molar-refractivity contribution in [1.82, 2.24) is 29.5 Å². The summed E-state index contributed by atoms with van der Waals surface area (Å²) < 4.78 is 9.01. The fourth-order valence-corrected chi connectivity index (χ4v) is 3.60. The molecule has 4 aromatic heterocycles. The monoisotopic (exact) mass is 399 g/mol. The maximum absolute atomic E-state index is 5.51. The van der Waals surface area contributed by atoms with Crippen LogP contribution in [0.15, 0.2) is 48.7 Å². The van der Waals surface area contributed by atoms with Crippen LogP contribution >= 0.6 is 0 Å². The van der Waals surface area contributed by atoms with Crippen molar-refractivity contribution < 1.29 is 4.74 Å². The number of nitrogens with one attached hydrogen (secondary N) is 1. The number of hydrogen-bond acceptors (Lipinski definition) is 6. The van der Waals surface area contributed by atoms with E-state index in [-0.39, 0.29) is 0 Å². The zero-order valence-electron chi connectivity index (χ0n) is 17.2. The van der Waals surface area contributed by atoms with E-state index in [0.29, 0.717) is 11.6 Å². The average molecular weight is 399 g/mol. The Kier molecular flexibility index (Phi) is 4.13. The minimum absolute atomic E-state index is 0.653. The Morgan fingerprint density at radius 1 is 0.967 bits per heavy atom. The molecule has 5 rings (SSSR count). The number of nitrogens with zero attached hydrogens (tertiary/aromatic N) is 6. The van der Waals surface area contributed by atoms with Crippen LogP contribution in [0, 0.1) is 6.92 Å². The van der Waals surface area contributed by atoms with Crippen LogP contribution in [0.25, 0.3) is 33.3 Å². The Morgan fingerprint density at radius 2 is 1.83 bits per heavy atom. The van der Waals surface area contributed by atoms with Gasteiger partial charge >= 0.3 is 0 Å². The van der Waals surface area contributed by atoms with Gasteiger partial charge in [-0.3, -0.25) is 9.36 Å². The van der Waals surface area contributed by atoms with Crippen molar-refractivity contribution in [1.29, 1.82) is 0 Å². The van der Waals surface area contributed by atoms with Crippen molar-refractivity contribution in [3.63, 3.8) is 0 Å². The van der Waals surface area contributed by atoms with Crippen LogP contribution in [-0.4, -0.2) is 36.6 Å². The number of fused-ring (bicyclic) bond motifs is 2. The van der Waals surface area contributed by atoms with Crippen molar-refractivity contribution in [2.75, 3.05) is 12.4 Å². The highest BCUT2D eigenvalue weighted by Gasteiger charge is 2.14. The van der Waals surface area contributed by atoms with E-state index in [1.807, 2.05) is 38.4 Å². The molecule has 1 N–H and O–H groups in total. The normalized spacial score (nSPS) is 11.3. The van der Waals surface area contributed by atoms with Gasteiger partial charge in [0, 0.05) is 31.6 Å². The van der Waals surface area contributed by atoms with Crippen LogP contribution in [0.3, 0.4) is 0 Å². The summed E-state index contributed by atoms with van der Waals surface area (Å²) in [6.07, 6.45) is 1.75. The molecule has 5 aromatic rings. The summed E-state index contributed by atoms with van der Waals surface area (Å²) in [5.74, 6) is 2.16. The summed E-state index contributed by atoms with van der Waals surface area (Å²) in [7, 11) is 5.38. The molecule has 0 saturated carbocycles. The number of benzene rings is 1. The largest absolute Gasteiger partial charge is 0.496 e. The van der Waals surface area contributed by atoms with Crippen LogP contribution < -0.4 is 10.1 Å². The van der Waals surface area contributed by atoms with Crippen molar-refractivity contribution in [2.45, 2.75) is 6.92 Å². The van der Waals surface area contributed by atoms with Crippen molar-refractivity contribution >= 4 is 33.6 Å². The van der Waals surface area contributed by atoms with Gasteiger partial charge in [0.25, 0.3) is 0 Å². The minimum atomic E-state index is 0.653. The lowest BCUT2D eigenvalue weighted by Crippen LogP contribution is -2.02. The van der Waals surface area contributed by atoms with Crippen LogP contribution in [-0.2, 0) is 14.1 Å². The van der Waals surface area contributed by atoms with Gasteiger partial charge in [-0.2, -0.15) is 10.2 Å². The first kappa shape index (κ1) is 18.1. The number of anilines is 2. The molecule has 4 heterocycles. The second-order valence-corrected chi connectivity index (χ2v) is 7.22. The molecule has 8 nitrogen and oxygen atoms in total. The molecule has 0 spiro atoms. The van der Waals surface area contributed by atoms with Gasteiger partial charge in [-0.1, -0.05) is 24.3 Å². The van der Waals surface area contributed by atoms with Gasteiger partial charge in [0.2, 0.25) is 0 Å². The molecule has 0 aliphatic carbocycles. The first-order chi connectivity index (χ1) is 14.5. The number of hydrogen-bond donors (Lipinski definition) is 1. The van der Waals surface area contributed by atoms with E-state index in [2.05, 4.69) is 45.6 Å². The Labute approximate surface area is 173 Å². The number of para-hydroxylation sites is 1. The lowest BCUT2D eigenvalue weighted by molar-refractivity contribution is 0.419. The highest BCUT2D eigenvalue weighted by molar-refractivity contribution is 5.85. The second-order valence-electron chi connectivity index (χ2n) is 7.22. The number of aryl methyl sites for hydroxylation is 3. The molecule has 1 aromatic carbocycles. The molecular weight excluding hydrogens is 378 g/mol. The standard InChI is InChI=1S/C22H21N7O/c1-13-6-5-7-14-8-9-16(24-21(13)14)17-10-20(28(2)27-17)25-19-11-18(30-4)15-12-23-29(3)22(15)26-19/h5-12H,1-4H3,(H,25,26). The number of ether oxygens (including phenoxy) is 1. The SMILES string of the molecule is COc1cc(Nc2cc(-c3ccc4cccc(C)c4n3)nn2C)nc2c1cnn2C. The number of rotatable bonds is 4. The van der Waals surface area contributed by atoms with Crippen LogP contribution in [0.4, 0.5) is 11.6 Å².